The highest BCUT2D eigenvalue weighted by molar-refractivity contribution is 7.99. The maximum Gasteiger partial charge on any atom is 0.228 e. The average Bonchev–Trinajstić information content (AvgIpc) is 2.50. The molecular formula is C17H27N3OS. The molecule has 22 heavy (non-hydrogen) atoms. The molecule has 122 valence electrons. The lowest BCUT2D eigenvalue weighted by molar-refractivity contribution is -0.119. The molecular weight excluding hydrogens is 294 g/mol. The minimum atomic E-state index is -0.190. The van der Waals surface area contributed by atoms with Gasteiger partial charge in [-0.05, 0) is 31.0 Å². The Morgan fingerprint density at radius 1 is 1.36 bits per heavy atom. The van der Waals surface area contributed by atoms with Gasteiger partial charge in [0.15, 0.2) is 0 Å². The first-order valence-corrected chi connectivity index (χ1v) is 9.09. The van der Waals surface area contributed by atoms with Crippen molar-refractivity contribution in [2.45, 2.75) is 33.4 Å². The van der Waals surface area contributed by atoms with Gasteiger partial charge < -0.3 is 11.1 Å². The second kappa shape index (κ2) is 7.99. The summed E-state index contributed by atoms with van der Waals surface area (Å²) < 4.78 is 0. The van der Waals surface area contributed by atoms with Crippen molar-refractivity contribution >= 4 is 23.4 Å². The molecule has 1 aromatic rings. The minimum Gasteiger partial charge on any atom is -0.327 e. The Bertz CT molecular complexity index is 513. The first-order chi connectivity index (χ1) is 10.5. The number of amides is 1. The van der Waals surface area contributed by atoms with Crippen LogP contribution in [0.4, 0.5) is 5.69 Å². The van der Waals surface area contributed by atoms with Crippen LogP contribution in [-0.4, -0.2) is 41.4 Å². The topological polar surface area (TPSA) is 58.4 Å². The Balaban J connectivity index is 1.98. The van der Waals surface area contributed by atoms with Gasteiger partial charge in [0.1, 0.15) is 0 Å². The summed E-state index contributed by atoms with van der Waals surface area (Å²) in [6, 6.07) is 6.15. The van der Waals surface area contributed by atoms with E-state index in [2.05, 4.69) is 22.3 Å². The van der Waals surface area contributed by atoms with Crippen LogP contribution in [0.5, 0.6) is 0 Å². The first-order valence-electron chi connectivity index (χ1n) is 7.93. The number of aryl methyl sites for hydroxylation is 1. The van der Waals surface area contributed by atoms with E-state index in [-0.39, 0.29) is 17.9 Å². The van der Waals surface area contributed by atoms with E-state index >= 15 is 0 Å². The molecule has 0 bridgehead atoms. The number of anilines is 1. The van der Waals surface area contributed by atoms with E-state index in [9.17, 15) is 4.79 Å². The van der Waals surface area contributed by atoms with Gasteiger partial charge in [0.05, 0.1) is 5.92 Å². The summed E-state index contributed by atoms with van der Waals surface area (Å²) in [5, 5.41) is 2.99. The Labute approximate surface area is 137 Å². The fraction of sp³-hybridized carbons (Fsp3) is 0.588. The van der Waals surface area contributed by atoms with Gasteiger partial charge in [0.2, 0.25) is 5.91 Å². The third-order valence-corrected chi connectivity index (χ3v) is 5.20. The van der Waals surface area contributed by atoms with Crippen LogP contribution in [0.1, 0.15) is 25.0 Å². The molecule has 1 aliphatic rings. The summed E-state index contributed by atoms with van der Waals surface area (Å²) in [4.78, 5) is 14.6. The molecule has 0 spiro atoms. The largest absolute Gasteiger partial charge is 0.327 e. The molecule has 1 heterocycles. The molecule has 3 N–H and O–H groups in total. The molecule has 2 unspecified atom stereocenters. The number of thioether (sulfide) groups is 1. The Morgan fingerprint density at radius 3 is 2.64 bits per heavy atom. The fourth-order valence-corrected chi connectivity index (χ4v) is 3.45. The van der Waals surface area contributed by atoms with Gasteiger partial charge in [-0.25, -0.2) is 0 Å². The van der Waals surface area contributed by atoms with Crippen molar-refractivity contribution in [3.63, 3.8) is 0 Å². The van der Waals surface area contributed by atoms with Crippen LogP contribution < -0.4 is 11.1 Å². The molecule has 1 saturated heterocycles. The Morgan fingerprint density at radius 2 is 2.05 bits per heavy atom. The molecule has 0 saturated carbocycles. The van der Waals surface area contributed by atoms with E-state index in [0.29, 0.717) is 0 Å². The monoisotopic (exact) mass is 321 g/mol. The second-order valence-electron chi connectivity index (χ2n) is 6.17. The van der Waals surface area contributed by atoms with Crippen molar-refractivity contribution in [3.8, 4) is 0 Å². The van der Waals surface area contributed by atoms with Gasteiger partial charge in [-0.3, -0.25) is 9.69 Å². The molecule has 0 radical (unpaired) electrons. The molecule has 2 atom stereocenters. The first kappa shape index (κ1) is 17.3. The van der Waals surface area contributed by atoms with Gasteiger partial charge >= 0.3 is 0 Å². The van der Waals surface area contributed by atoms with Gasteiger partial charge in [0, 0.05) is 42.9 Å². The fourth-order valence-electron chi connectivity index (χ4n) is 2.47. The number of nitrogens with zero attached hydrogens (tertiary/aromatic N) is 1. The van der Waals surface area contributed by atoms with E-state index in [1.165, 1.54) is 17.1 Å². The van der Waals surface area contributed by atoms with Crippen molar-refractivity contribution in [1.29, 1.82) is 0 Å². The van der Waals surface area contributed by atoms with Gasteiger partial charge in [-0.2, -0.15) is 11.8 Å². The van der Waals surface area contributed by atoms with Crippen molar-refractivity contribution in [2.24, 2.45) is 11.7 Å². The molecule has 1 fully saturated rings. The third-order valence-electron chi connectivity index (χ3n) is 4.26. The smallest absolute Gasteiger partial charge is 0.228 e. The zero-order valence-corrected chi connectivity index (χ0v) is 14.6. The van der Waals surface area contributed by atoms with E-state index in [0.717, 1.165) is 30.9 Å². The number of rotatable bonds is 5. The SMILES string of the molecule is Cc1cc(CN2CCSCC2)ccc1NC(=O)C(C)C(C)N. The van der Waals surface area contributed by atoms with Crippen LogP contribution in [0.3, 0.4) is 0 Å². The average molecular weight is 321 g/mol. The number of hydrogen-bond acceptors (Lipinski definition) is 4. The molecule has 5 heteroatoms. The van der Waals surface area contributed by atoms with Gasteiger partial charge in [-0.1, -0.05) is 19.1 Å². The van der Waals surface area contributed by atoms with E-state index < -0.39 is 0 Å². The second-order valence-corrected chi connectivity index (χ2v) is 7.40. The van der Waals surface area contributed by atoms with Crippen molar-refractivity contribution in [3.05, 3.63) is 29.3 Å². The highest BCUT2D eigenvalue weighted by Gasteiger charge is 2.18. The predicted molar refractivity (Wildman–Crippen MR) is 95.2 cm³/mol. The number of hydrogen-bond donors (Lipinski definition) is 2. The predicted octanol–water partition coefficient (Wildman–Crippen LogP) is 2.47. The van der Waals surface area contributed by atoms with Crippen molar-refractivity contribution in [1.82, 2.24) is 4.90 Å². The maximum absolute atomic E-state index is 12.1. The number of nitrogens with two attached hydrogens (primary N) is 1. The van der Waals surface area contributed by atoms with E-state index in [1.807, 2.05) is 38.6 Å². The lowest BCUT2D eigenvalue weighted by atomic mass is 10.0. The van der Waals surface area contributed by atoms with Crippen LogP contribution >= 0.6 is 11.8 Å². The third kappa shape index (κ3) is 4.73. The number of benzene rings is 1. The zero-order chi connectivity index (χ0) is 16.1. The van der Waals surface area contributed by atoms with Crippen LogP contribution in [0, 0.1) is 12.8 Å². The van der Waals surface area contributed by atoms with Gasteiger partial charge in [0.25, 0.3) is 0 Å². The lowest BCUT2D eigenvalue weighted by Gasteiger charge is -2.26. The standard InChI is InChI=1S/C17H27N3OS/c1-12-10-15(11-20-6-8-22-9-7-20)4-5-16(12)19-17(21)13(2)14(3)18/h4-5,10,13-14H,6-9,11,18H2,1-3H3,(H,19,21). The summed E-state index contributed by atoms with van der Waals surface area (Å²) in [6.45, 7) is 9.07. The molecule has 1 aromatic carbocycles. The van der Waals surface area contributed by atoms with Crippen LogP contribution in [0.25, 0.3) is 0 Å². The van der Waals surface area contributed by atoms with E-state index in [1.54, 1.807) is 0 Å². The van der Waals surface area contributed by atoms with Crippen molar-refractivity contribution in [2.75, 3.05) is 29.9 Å². The molecule has 1 aliphatic heterocycles. The number of nitrogens with one attached hydrogen (secondary N) is 1. The quantitative estimate of drug-likeness (QED) is 0.875. The molecule has 0 aromatic heterocycles. The number of carbonyl (C=O) groups excluding carboxylic acids is 1. The number of carbonyl (C=O) groups is 1. The highest BCUT2D eigenvalue weighted by Crippen LogP contribution is 2.20. The van der Waals surface area contributed by atoms with Gasteiger partial charge in [-0.15, -0.1) is 0 Å². The van der Waals surface area contributed by atoms with E-state index in [4.69, 9.17) is 5.73 Å². The minimum absolute atomic E-state index is 0.0149. The molecule has 4 nitrogen and oxygen atoms in total. The molecule has 1 amide bonds. The highest BCUT2D eigenvalue weighted by atomic mass is 32.2. The normalized spacial score (nSPS) is 18.7. The van der Waals surface area contributed by atoms with Crippen LogP contribution in [-0.2, 0) is 11.3 Å². The molecule has 0 aliphatic carbocycles. The lowest BCUT2D eigenvalue weighted by Crippen LogP contribution is -2.34. The van der Waals surface area contributed by atoms with Crippen molar-refractivity contribution < 1.29 is 4.79 Å². The summed E-state index contributed by atoms with van der Waals surface area (Å²) in [6.07, 6.45) is 0. The maximum atomic E-state index is 12.1. The summed E-state index contributed by atoms with van der Waals surface area (Å²) in [5.74, 6) is 2.24. The summed E-state index contributed by atoms with van der Waals surface area (Å²) in [7, 11) is 0. The Kier molecular flexibility index (Phi) is 6.29. The summed E-state index contributed by atoms with van der Waals surface area (Å²) in [5.41, 5.74) is 9.09. The summed E-state index contributed by atoms with van der Waals surface area (Å²) >= 11 is 2.03. The van der Waals surface area contributed by atoms with Crippen LogP contribution in [0.15, 0.2) is 18.2 Å². The Hall–Kier alpha value is -1.04. The van der Waals surface area contributed by atoms with Crippen LogP contribution in [0.2, 0.25) is 0 Å². The zero-order valence-electron chi connectivity index (χ0n) is 13.8. The molecule has 2 rings (SSSR count).